The lowest BCUT2D eigenvalue weighted by atomic mass is 10.1. The van der Waals surface area contributed by atoms with Gasteiger partial charge in [0, 0.05) is 4.57 Å². The highest BCUT2D eigenvalue weighted by atomic mass is 31.1. The Kier molecular flexibility index (Phi) is 16.5. The summed E-state index contributed by atoms with van der Waals surface area (Å²) in [4.78, 5) is 14.2. The van der Waals surface area contributed by atoms with Crippen LogP contribution in [-0.2, 0) is 4.57 Å². The summed E-state index contributed by atoms with van der Waals surface area (Å²) in [5, 5.41) is 0. The minimum atomic E-state index is -2.87. The zero-order chi connectivity index (χ0) is 9.82. The fourth-order valence-corrected chi connectivity index (χ4v) is 0.854. The van der Waals surface area contributed by atoms with E-state index in [1.807, 2.05) is 0 Å². The Morgan fingerprint density at radius 3 is 1.33 bits per heavy atom. The molecule has 0 saturated carbocycles. The van der Waals surface area contributed by atoms with Crippen LogP contribution in [0, 0.1) is 0 Å². The maximum Gasteiger partial charge on any atom is 0.692 e. The molecule has 74 valence electrons. The van der Waals surface area contributed by atoms with Crippen LogP contribution in [0.15, 0.2) is 0 Å². The lowest BCUT2D eigenvalue weighted by molar-refractivity contribution is 0.405. The molecule has 0 amide bonds. The van der Waals surface area contributed by atoms with Crippen LogP contribution in [-0.4, -0.2) is 9.79 Å². The monoisotopic (exact) mass is 195 g/mol. The van der Waals surface area contributed by atoms with Crippen molar-refractivity contribution in [3.05, 3.63) is 0 Å². The molecule has 0 unspecified atom stereocenters. The van der Waals surface area contributed by atoms with Crippen LogP contribution in [0.2, 0.25) is 0 Å². The molecule has 0 aliphatic rings. The third-order valence-electron chi connectivity index (χ3n) is 1.46. The van der Waals surface area contributed by atoms with Crippen LogP contribution in [0.3, 0.4) is 0 Å². The third-order valence-corrected chi connectivity index (χ3v) is 1.46. The summed E-state index contributed by atoms with van der Waals surface area (Å²) in [6, 6.07) is 0. The van der Waals surface area contributed by atoms with Gasteiger partial charge in [-0.3, -0.25) is 0 Å². The summed E-state index contributed by atoms with van der Waals surface area (Å²) in [5.74, 6) is 0. The van der Waals surface area contributed by atoms with Gasteiger partial charge in [0.2, 0.25) is 0 Å². The fraction of sp³-hybridized carbons (Fsp3) is 1.00. The molecule has 0 bridgehead atoms. The average molecular weight is 195 g/mol. The average Bonchev–Trinajstić information content (AvgIpc) is 1.97. The van der Waals surface area contributed by atoms with Gasteiger partial charge >= 0.3 is 8.25 Å². The van der Waals surface area contributed by atoms with Crippen molar-refractivity contribution in [3.8, 4) is 0 Å². The van der Waals surface area contributed by atoms with Crippen molar-refractivity contribution in [3.63, 3.8) is 0 Å². The van der Waals surface area contributed by atoms with Gasteiger partial charge in [0.05, 0.1) is 0 Å². The van der Waals surface area contributed by atoms with Crippen LogP contribution >= 0.6 is 8.25 Å². The largest absolute Gasteiger partial charge is 0.692 e. The van der Waals surface area contributed by atoms with Crippen LogP contribution in [0.1, 0.15) is 52.4 Å². The van der Waals surface area contributed by atoms with Crippen LogP contribution in [0.5, 0.6) is 0 Å². The first-order valence-corrected chi connectivity index (χ1v) is 5.66. The van der Waals surface area contributed by atoms with Crippen molar-refractivity contribution < 1.29 is 14.4 Å². The van der Waals surface area contributed by atoms with Gasteiger partial charge in [-0.25, -0.2) is 0 Å². The van der Waals surface area contributed by atoms with Gasteiger partial charge in [0.1, 0.15) is 0 Å². The molecule has 3 nitrogen and oxygen atoms in total. The van der Waals surface area contributed by atoms with Gasteiger partial charge in [0.25, 0.3) is 0 Å². The van der Waals surface area contributed by atoms with Crippen LogP contribution < -0.4 is 0 Å². The van der Waals surface area contributed by atoms with Crippen LogP contribution in [0.25, 0.3) is 0 Å². The Labute approximate surface area is 75.8 Å². The quantitative estimate of drug-likeness (QED) is 0.523. The van der Waals surface area contributed by atoms with E-state index in [2.05, 4.69) is 13.8 Å². The Balaban J connectivity index is 0. The third kappa shape index (κ3) is 32.3. The molecule has 0 fully saturated rings. The summed E-state index contributed by atoms with van der Waals surface area (Å²) in [6.07, 6.45) is 8.49. The van der Waals surface area contributed by atoms with E-state index in [4.69, 9.17) is 14.4 Å². The molecule has 12 heavy (non-hydrogen) atoms. The highest BCUT2D eigenvalue weighted by molar-refractivity contribution is 7.30. The molecular weight excluding hydrogens is 175 g/mol. The van der Waals surface area contributed by atoms with Crippen molar-refractivity contribution in [2.45, 2.75) is 52.4 Å². The number of rotatable bonds is 5. The molecule has 0 aromatic carbocycles. The lowest BCUT2D eigenvalue weighted by Gasteiger charge is -1.93. The van der Waals surface area contributed by atoms with Crippen molar-refractivity contribution in [1.82, 2.24) is 0 Å². The Bertz CT molecular complexity index is 86.3. The van der Waals surface area contributed by atoms with E-state index in [0.29, 0.717) is 0 Å². The first-order chi connectivity index (χ1) is 5.65. The predicted molar refractivity (Wildman–Crippen MR) is 51.1 cm³/mol. The second-order valence-electron chi connectivity index (χ2n) is 2.67. The van der Waals surface area contributed by atoms with Crippen molar-refractivity contribution in [2.24, 2.45) is 0 Å². The van der Waals surface area contributed by atoms with Crippen LogP contribution in [0.4, 0.5) is 0 Å². The fourth-order valence-electron chi connectivity index (χ4n) is 0.854. The van der Waals surface area contributed by atoms with E-state index in [9.17, 15) is 0 Å². The van der Waals surface area contributed by atoms with E-state index in [1.54, 1.807) is 0 Å². The summed E-state index contributed by atoms with van der Waals surface area (Å²) >= 11 is 0. The van der Waals surface area contributed by atoms with Gasteiger partial charge in [-0.15, -0.1) is 9.79 Å². The molecule has 4 heteroatoms. The zero-order valence-electron chi connectivity index (χ0n) is 7.99. The number of hydrogen-bond donors (Lipinski definition) is 2. The number of unbranched alkanes of at least 4 members (excludes halogenated alkanes) is 5. The normalized spacial score (nSPS) is 8.67. The van der Waals surface area contributed by atoms with Gasteiger partial charge in [0.15, 0.2) is 0 Å². The Morgan fingerprint density at radius 2 is 1.17 bits per heavy atom. The maximum absolute atomic E-state index is 8.70. The number of hydrogen-bond acceptors (Lipinski definition) is 1. The topological polar surface area (TPSA) is 57.5 Å². The molecule has 0 rings (SSSR count). The molecule has 0 heterocycles. The van der Waals surface area contributed by atoms with Crippen molar-refractivity contribution in [1.29, 1.82) is 0 Å². The molecular formula is C8H20O3P+. The minimum Gasteiger partial charge on any atom is -0.134 e. The first kappa shape index (κ1) is 14.5. The minimum absolute atomic E-state index is 1.36. The summed E-state index contributed by atoms with van der Waals surface area (Å²) in [5.41, 5.74) is 0. The van der Waals surface area contributed by atoms with Crippen molar-refractivity contribution >= 4 is 8.25 Å². The predicted octanol–water partition coefficient (Wildman–Crippen LogP) is 3.00. The van der Waals surface area contributed by atoms with Gasteiger partial charge in [-0.1, -0.05) is 52.4 Å². The second kappa shape index (κ2) is 13.6. The first-order valence-electron chi connectivity index (χ1n) is 4.50. The maximum atomic E-state index is 8.70. The molecule has 0 aromatic rings. The van der Waals surface area contributed by atoms with E-state index in [0.717, 1.165) is 0 Å². The van der Waals surface area contributed by atoms with E-state index in [1.165, 1.54) is 38.5 Å². The molecule has 0 atom stereocenters. The van der Waals surface area contributed by atoms with E-state index in [-0.39, 0.29) is 0 Å². The summed E-state index contributed by atoms with van der Waals surface area (Å²) in [7, 11) is -2.87. The van der Waals surface area contributed by atoms with Crippen molar-refractivity contribution in [2.75, 3.05) is 0 Å². The standard InChI is InChI=1S/C8H18.HO3P/c1-3-5-7-8-6-4-2;1-4(2)3/h3-8H2,1-2H3;(H-,1,2,3)/p+1. The Hall–Kier alpha value is 0.0200. The van der Waals surface area contributed by atoms with Gasteiger partial charge in [-0.05, 0) is 0 Å². The molecule has 0 aromatic heterocycles. The molecule has 0 aliphatic carbocycles. The molecule has 2 N–H and O–H groups in total. The van der Waals surface area contributed by atoms with E-state index < -0.39 is 8.25 Å². The van der Waals surface area contributed by atoms with Gasteiger partial charge in [-0.2, -0.15) is 0 Å². The highest BCUT2D eigenvalue weighted by Crippen LogP contribution is 2.03. The molecule has 0 saturated heterocycles. The van der Waals surface area contributed by atoms with E-state index >= 15 is 0 Å². The Morgan fingerprint density at radius 1 is 0.917 bits per heavy atom. The second-order valence-corrected chi connectivity index (χ2v) is 3.17. The highest BCUT2D eigenvalue weighted by Gasteiger charge is 1.93. The molecule has 0 radical (unpaired) electrons. The SMILES string of the molecule is CCCCCCCC.O=[P+](O)O. The lowest BCUT2D eigenvalue weighted by Crippen LogP contribution is -1.73. The summed E-state index contributed by atoms with van der Waals surface area (Å²) < 4.78 is 8.70. The summed E-state index contributed by atoms with van der Waals surface area (Å²) in [6.45, 7) is 4.51. The smallest absolute Gasteiger partial charge is 0.134 e. The zero-order valence-corrected chi connectivity index (χ0v) is 8.89. The molecule has 0 spiro atoms. The van der Waals surface area contributed by atoms with Gasteiger partial charge < -0.3 is 0 Å². The molecule has 0 aliphatic heterocycles.